The molecule has 0 aliphatic heterocycles. The first kappa shape index (κ1) is 14.1. The molecule has 0 bridgehead atoms. The van der Waals surface area contributed by atoms with Crippen molar-refractivity contribution < 1.29 is 9.90 Å². The summed E-state index contributed by atoms with van der Waals surface area (Å²) in [5, 5.41) is 17.4. The zero-order chi connectivity index (χ0) is 15.7. The van der Waals surface area contributed by atoms with E-state index < -0.39 is 12.0 Å². The molecule has 0 saturated heterocycles. The number of carbonyl (C=O) groups is 1. The normalized spacial score (nSPS) is 12.3. The highest BCUT2D eigenvalue weighted by Crippen LogP contribution is 2.26. The number of carboxylic acids is 1. The first-order valence-electron chi connectivity index (χ1n) is 6.92. The Balaban J connectivity index is 1.96. The molecule has 0 saturated carbocycles. The van der Waals surface area contributed by atoms with Crippen molar-refractivity contribution in [3.8, 4) is 22.4 Å². The number of hydrogen-bond acceptors (Lipinski definition) is 3. The van der Waals surface area contributed by atoms with Crippen LogP contribution in [0.2, 0.25) is 0 Å². The number of carboxylic acid groups (broad SMARTS) is 1. The van der Waals surface area contributed by atoms with Gasteiger partial charge in [-0.1, -0.05) is 18.2 Å². The minimum atomic E-state index is -0.904. The van der Waals surface area contributed by atoms with Crippen molar-refractivity contribution >= 4 is 5.97 Å². The zero-order valence-corrected chi connectivity index (χ0v) is 12.3. The molecule has 6 heteroatoms. The highest BCUT2D eigenvalue weighted by molar-refractivity contribution is 5.73. The van der Waals surface area contributed by atoms with Gasteiger partial charge in [0.2, 0.25) is 0 Å². The standard InChI is InChI=1S/C16H16N4O2/c1-11(16(21)22)20-10-14(9-18-20)12-4-3-5-13(8-12)15-6-7-17-19(15)2/h3-11H,1-2H3,(H,21,22)/t11-/m1/s1. The lowest BCUT2D eigenvalue weighted by molar-refractivity contribution is -0.140. The summed E-state index contributed by atoms with van der Waals surface area (Å²) in [7, 11) is 1.90. The van der Waals surface area contributed by atoms with E-state index in [0.29, 0.717) is 0 Å². The molecule has 1 N–H and O–H groups in total. The van der Waals surface area contributed by atoms with E-state index in [0.717, 1.165) is 22.4 Å². The molecule has 3 rings (SSSR count). The lowest BCUT2D eigenvalue weighted by Crippen LogP contribution is -2.15. The predicted molar refractivity (Wildman–Crippen MR) is 82.2 cm³/mol. The maximum absolute atomic E-state index is 11.0. The van der Waals surface area contributed by atoms with Crippen molar-refractivity contribution in [2.45, 2.75) is 13.0 Å². The Hall–Kier alpha value is -2.89. The maximum atomic E-state index is 11.0. The minimum absolute atomic E-state index is 0.686. The van der Waals surface area contributed by atoms with Crippen LogP contribution in [0.5, 0.6) is 0 Å². The molecular formula is C16H16N4O2. The summed E-state index contributed by atoms with van der Waals surface area (Å²) in [6.07, 6.45) is 5.19. The van der Waals surface area contributed by atoms with Crippen LogP contribution < -0.4 is 0 Å². The Morgan fingerprint density at radius 3 is 2.64 bits per heavy atom. The lowest BCUT2D eigenvalue weighted by Gasteiger charge is -2.06. The Labute approximate surface area is 127 Å². The largest absolute Gasteiger partial charge is 0.480 e. The van der Waals surface area contributed by atoms with Crippen molar-refractivity contribution in [3.05, 3.63) is 48.9 Å². The number of aryl methyl sites for hydroxylation is 1. The number of aliphatic carboxylic acids is 1. The van der Waals surface area contributed by atoms with Crippen molar-refractivity contribution in [1.29, 1.82) is 0 Å². The lowest BCUT2D eigenvalue weighted by atomic mass is 10.0. The van der Waals surface area contributed by atoms with Gasteiger partial charge >= 0.3 is 5.97 Å². The average molecular weight is 296 g/mol. The highest BCUT2D eigenvalue weighted by atomic mass is 16.4. The second-order valence-corrected chi connectivity index (χ2v) is 5.14. The molecule has 6 nitrogen and oxygen atoms in total. The molecule has 22 heavy (non-hydrogen) atoms. The van der Waals surface area contributed by atoms with Crippen LogP contribution in [-0.4, -0.2) is 30.6 Å². The maximum Gasteiger partial charge on any atom is 0.328 e. The summed E-state index contributed by atoms with van der Waals surface area (Å²) < 4.78 is 3.27. The fourth-order valence-electron chi connectivity index (χ4n) is 2.33. The molecule has 0 unspecified atom stereocenters. The molecule has 3 aromatic rings. The van der Waals surface area contributed by atoms with E-state index in [1.54, 1.807) is 25.5 Å². The third kappa shape index (κ3) is 2.50. The molecule has 0 spiro atoms. The van der Waals surface area contributed by atoms with Gasteiger partial charge in [0.1, 0.15) is 6.04 Å². The van der Waals surface area contributed by atoms with E-state index in [2.05, 4.69) is 10.2 Å². The van der Waals surface area contributed by atoms with Crippen LogP contribution in [0.1, 0.15) is 13.0 Å². The molecule has 0 radical (unpaired) electrons. The van der Waals surface area contributed by atoms with Crippen LogP contribution in [0, 0.1) is 0 Å². The quantitative estimate of drug-likeness (QED) is 0.803. The molecule has 0 fully saturated rings. The van der Waals surface area contributed by atoms with Gasteiger partial charge in [-0.2, -0.15) is 10.2 Å². The zero-order valence-electron chi connectivity index (χ0n) is 12.3. The van der Waals surface area contributed by atoms with Gasteiger partial charge in [0.05, 0.1) is 11.9 Å². The summed E-state index contributed by atoms with van der Waals surface area (Å²) in [6.45, 7) is 1.60. The number of nitrogens with zero attached hydrogens (tertiary/aromatic N) is 4. The predicted octanol–water partition coefficient (Wildman–Crippen LogP) is 2.60. The minimum Gasteiger partial charge on any atom is -0.480 e. The number of aromatic nitrogens is 4. The van der Waals surface area contributed by atoms with Crippen LogP contribution in [0.4, 0.5) is 0 Å². The van der Waals surface area contributed by atoms with Crippen LogP contribution in [-0.2, 0) is 11.8 Å². The molecule has 2 aromatic heterocycles. The smallest absolute Gasteiger partial charge is 0.328 e. The molecule has 1 aromatic carbocycles. The van der Waals surface area contributed by atoms with Crippen molar-refractivity contribution in [2.75, 3.05) is 0 Å². The Kier molecular flexibility index (Phi) is 3.50. The second kappa shape index (κ2) is 5.48. The summed E-state index contributed by atoms with van der Waals surface area (Å²) in [5.41, 5.74) is 3.95. The molecule has 0 amide bonds. The van der Waals surface area contributed by atoms with Crippen LogP contribution in [0.15, 0.2) is 48.9 Å². The topological polar surface area (TPSA) is 72.9 Å². The number of hydrogen-bond donors (Lipinski definition) is 1. The molecular weight excluding hydrogens is 280 g/mol. The Morgan fingerprint density at radius 1 is 1.18 bits per heavy atom. The van der Waals surface area contributed by atoms with Gasteiger partial charge in [-0.15, -0.1) is 0 Å². The van der Waals surface area contributed by atoms with Crippen molar-refractivity contribution in [2.24, 2.45) is 7.05 Å². The van der Waals surface area contributed by atoms with E-state index in [4.69, 9.17) is 5.11 Å². The SMILES string of the molecule is C[C@H](C(=O)O)n1cc(-c2cccc(-c3ccnn3C)c2)cn1. The summed E-state index contributed by atoms with van der Waals surface area (Å²) in [5.74, 6) is -0.904. The summed E-state index contributed by atoms with van der Waals surface area (Å²) in [6, 6.07) is 9.28. The summed E-state index contributed by atoms with van der Waals surface area (Å²) >= 11 is 0. The fraction of sp³-hybridized carbons (Fsp3) is 0.188. The number of benzene rings is 1. The molecule has 0 aliphatic rings. The molecule has 2 heterocycles. The molecule has 0 aliphatic carbocycles. The van der Waals surface area contributed by atoms with Crippen molar-refractivity contribution in [1.82, 2.24) is 19.6 Å². The van der Waals surface area contributed by atoms with E-state index >= 15 is 0 Å². The van der Waals surface area contributed by atoms with Crippen LogP contribution in [0.25, 0.3) is 22.4 Å². The molecule has 1 atom stereocenters. The van der Waals surface area contributed by atoms with E-state index in [1.807, 2.05) is 42.1 Å². The summed E-state index contributed by atoms with van der Waals surface area (Å²) in [4.78, 5) is 11.0. The average Bonchev–Trinajstić information content (AvgIpc) is 3.15. The highest BCUT2D eigenvalue weighted by Gasteiger charge is 2.14. The second-order valence-electron chi connectivity index (χ2n) is 5.14. The van der Waals surface area contributed by atoms with E-state index in [1.165, 1.54) is 4.68 Å². The first-order valence-corrected chi connectivity index (χ1v) is 6.92. The fourth-order valence-corrected chi connectivity index (χ4v) is 2.33. The van der Waals surface area contributed by atoms with Gasteiger partial charge in [0, 0.05) is 30.6 Å². The van der Waals surface area contributed by atoms with Crippen LogP contribution in [0.3, 0.4) is 0 Å². The van der Waals surface area contributed by atoms with Gasteiger partial charge in [0.25, 0.3) is 0 Å². The third-order valence-electron chi connectivity index (χ3n) is 3.67. The Bertz CT molecular complexity index is 819. The van der Waals surface area contributed by atoms with E-state index in [-0.39, 0.29) is 0 Å². The Morgan fingerprint density at radius 2 is 1.95 bits per heavy atom. The first-order chi connectivity index (χ1) is 10.6. The van der Waals surface area contributed by atoms with Gasteiger partial charge < -0.3 is 5.11 Å². The monoisotopic (exact) mass is 296 g/mol. The van der Waals surface area contributed by atoms with Crippen molar-refractivity contribution in [3.63, 3.8) is 0 Å². The van der Waals surface area contributed by atoms with E-state index in [9.17, 15) is 4.79 Å². The van der Waals surface area contributed by atoms with Crippen LogP contribution >= 0.6 is 0 Å². The number of rotatable bonds is 4. The molecule has 112 valence electrons. The third-order valence-corrected chi connectivity index (χ3v) is 3.67. The van der Waals surface area contributed by atoms with Gasteiger partial charge in [-0.05, 0) is 24.6 Å². The van der Waals surface area contributed by atoms with Gasteiger partial charge in [0.15, 0.2) is 0 Å². The van der Waals surface area contributed by atoms with Gasteiger partial charge in [-0.3, -0.25) is 9.36 Å². The van der Waals surface area contributed by atoms with Gasteiger partial charge in [-0.25, -0.2) is 4.79 Å².